The van der Waals surface area contributed by atoms with Crippen LogP contribution in [-0.4, -0.2) is 35.5 Å². The molecule has 2 nitrogen and oxygen atoms in total. The van der Waals surface area contributed by atoms with Crippen molar-refractivity contribution in [3.05, 3.63) is 12.2 Å². The van der Waals surface area contributed by atoms with Crippen LogP contribution in [0.5, 0.6) is 0 Å². The van der Waals surface area contributed by atoms with Crippen molar-refractivity contribution in [3.63, 3.8) is 0 Å². The second-order valence-corrected chi connectivity index (χ2v) is 5.80. The average molecular weight is 305 g/mol. The summed E-state index contributed by atoms with van der Waals surface area (Å²) in [5.74, 6) is -0.164. The minimum atomic E-state index is -0.164. The van der Waals surface area contributed by atoms with E-state index in [1.165, 1.54) is 70.6 Å². The topological polar surface area (TPSA) is 43.1 Å². The van der Waals surface area contributed by atoms with E-state index in [-0.39, 0.29) is 35.5 Å². The molecule has 0 aliphatic heterocycles. The predicted octanol–water partition coefficient (Wildman–Crippen LogP) is 4.86. The average Bonchev–Trinajstić information content (AvgIpc) is 2.43. The summed E-state index contributed by atoms with van der Waals surface area (Å²) in [7, 11) is 0. The summed E-state index contributed by atoms with van der Waals surface area (Å²) >= 11 is 0. The number of carbonyl (C=O) groups excluding carboxylic acids is 1. The Kier molecular flexibility index (Phi) is 22.6. The number of allylic oxidation sites excluding steroid dienone is 2. The summed E-state index contributed by atoms with van der Waals surface area (Å²) < 4.78 is 0. The number of nitrogens with two attached hydrogens (primary N) is 1. The van der Waals surface area contributed by atoms with Crippen molar-refractivity contribution in [3.8, 4) is 0 Å². The molecule has 0 aromatic heterocycles. The Morgan fingerprint density at radius 3 is 1.67 bits per heavy atom. The molecular formula is C18H36NNaO. The van der Waals surface area contributed by atoms with Crippen LogP contribution in [0.4, 0.5) is 0 Å². The van der Waals surface area contributed by atoms with E-state index in [0.29, 0.717) is 6.42 Å². The third kappa shape index (κ3) is 22.6. The monoisotopic (exact) mass is 305 g/mol. The zero-order valence-corrected chi connectivity index (χ0v) is 13.5. The minimum absolute atomic E-state index is 0. The van der Waals surface area contributed by atoms with Crippen molar-refractivity contribution >= 4 is 35.5 Å². The Hall–Kier alpha value is 0.210. The van der Waals surface area contributed by atoms with Crippen LogP contribution < -0.4 is 5.73 Å². The van der Waals surface area contributed by atoms with Gasteiger partial charge in [-0.2, -0.15) is 0 Å². The van der Waals surface area contributed by atoms with Gasteiger partial charge in [0.2, 0.25) is 5.91 Å². The van der Waals surface area contributed by atoms with Crippen molar-refractivity contribution in [1.82, 2.24) is 0 Å². The zero-order chi connectivity index (χ0) is 14.9. The van der Waals surface area contributed by atoms with Crippen LogP contribution in [0, 0.1) is 0 Å². The van der Waals surface area contributed by atoms with E-state index in [2.05, 4.69) is 19.1 Å². The molecule has 1 amide bonds. The molecule has 0 unspecified atom stereocenters. The standard InChI is InChI=1S/C18H35NO.Na.H/c1-2-3-4-5-6-7-8-9-10-11-12-13-14-15-16-17-18(19)20;;/h9-10H,2-8,11-17H2,1H3,(H2,19,20);;/b10-9-;;. The molecule has 0 aromatic rings. The van der Waals surface area contributed by atoms with Gasteiger partial charge in [0, 0.05) is 6.42 Å². The second-order valence-electron chi connectivity index (χ2n) is 5.80. The summed E-state index contributed by atoms with van der Waals surface area (Å²) in [5, 5.41) is 0. The molecular weight excluding hydrogens is 269 g/mol. The van der Waals surface area contributed by atoms with E-state index in [1.807, 2.05) is 0 Å². The van der Waals surface area contributed by atoms with Crippen LogP contribution in [0.2, 0.25) is 0 Å². The number of carbonyl (C=O) groups is 1. The molecule has 0 saturated carbocycles. The Bertz CT molecular complexity index is 241. The molecule has 3 heteroatoms. The molecule has 120 valence electrons. The molecule has 0 heterocycles. The third-order valence-corrected chi connectivity index (χ3v) is 3.68. The van der Waals surface area contributed by atoms with Crippen molar-refractivity contribution < 1.29 is 4.79 Å². The predicted molar refractivity (Wildman–Crippen MR) is 95.8 cm³/mol. The van der Waals surface area contributed by atoms with Crippen molar-refractivity contribution in [1.29, 1.82) is 0 Å². The van der Waals surface area contributed by atoms with Gasteiger partial charge in [-0.05, 0) is 32.1 Å². The number of amides is 1. The first-order chi connectivity index (χ1) is 9.77. The number of hydrogen-bond acceptors (Lipinski definition) is 1. The van der Waals surface area contributed by atoms with Crippen LogP contribution >= 0.6 is 0 Å². The van der Waals surface area contributed by atoms with Crippen molar-refractivity contribution in [2.24, 2.45) is 5.73 Å². The first-order valence-corrected chi connectivity index (χ1v) is 8.70. The summed E-state index contributed by atoms with van der Waals surface area (Å²) in [6.45, 7) is 2.26. The first-order valence-electron chi connectivity index (χ1n) is 8.70. The summed E-state index contributed by atoms with van der Waals surface area (Å²) in [6.07, 6.45) is 21.9. The molecule has 0 saturated heterocycles. The Morgan fingerprint density at radius 1 is 0.762 bits per heavy atom. The molecule has 0 spiro atoms. The van der Waals surface area contributed by atoms with Crippen LogP contribution in [0.1, 0.15) is 96.8 Å². The van der Waals surface area contributed by atoms with Gasteiger partial charge in [0.15, 0.2) is 0 Å². The molecule has 0 aliphatic carbocycles. The maximum absolute atomic E-state index is 10.5. The first kappa shape index (κ1) is 23.5. The molecule has 0 aliphatic rings. The molecule has 21 heavy (non-hydrogen) atoms. The van der Waals surface area contributed by atoms with Crippen LogP contribution in [0.25, 0.3) is 0 Å². The molecule has 0 radical (unpaired) electrons. The Labute approximate surface area is 154 Å². The summed E-state index contributed by atoms with van der Waals surface area (Å²) in [6, 6.07) is 0. The van der Waals surface area contributed by atoms with Gasteiger partial charge in [0.1, 0.15) is 0 Å². The van der Waals surface area contributed by atoms with Crippen molar-refractivity contribution in [2.45, 2.75) is 96.8 Å². The number of unbranched alkanes of at least 4 members (excludes halogenated alkanes) is 11. The van der Waals surface area contributed by atoms with Crippen LogP contribution in [0.15, 0.2) is 12.2 Å². The molecule has 0 atom stereocenters. The normalized spacial score (nSPS) is 10.7. The van der Waals surface area contributed by atoms with E-state index in [0.717, 1.165) is 12.8 Å². The van der Waals surface area contributed by atoms with E-state index < -0.39 is 0 Å². The van der Waals surface area contributed by atoms with Crippen molar-refractivity contribution in [2.75, 3.05) is 0 Å². The van der Waals surface area contributed by atoms with Gasteiger partial charge in [-0.1, -0.05) is 70.4 Å². The van der Waals surface area contributed by atoms with Gasteiger partial charge < -0.3 is 5.73 Å². The molecule has 0 bridgehead atoms. The quantitative estimate of drug-likeness (QED) is 0.262. The van der Waals surface area contributed by atoms with Gasteiger partial charge in [-0.15, -0.1) is 0 Å². The van der Waals surface area contributed by atoms with Crippen LogP contribution in [0.3, 0.4) is 0 Å². The fourth-order valence-corrected chi connectivity index (χ4v) is 2.37. The molecule has 2 N–H and O–H groups in total. The van der Waals surface area contributed by atoms with Gasteiger partial charge in [0.05, 0.1) is 0 Å². The van der Waals surface area contributed by atoms with E-state index >= 15 is 0 Å². The van der Waals surface area contributed by atoms with Gasteiger partial charge in [-0.3, -0.25) is 4.79 Å². The Morgan fingerprint density at radius 2 is 1.19 bits per heavy atom. The number of primary amides is 1. The van der Waals surface area contributed by atoms with Crippen LogP contribution in [-0.2, 0) is 4.79 Å². The van der Waals surface area contributed by atoms with Gasteiger partial charge in [0.25, 0.3) is 0 Å². The third-order valence-electron chi connectivity index (χ3n) is 3.68. The molecule has 0 fully saturated rings. The number of hydrogen-bond donors (Lipinski definition) is 1. The summed E-state index contributed by atoms with van der Waals surface area (Å²) in [4.78, 5) is 10.5. The number of rotatable bonds is 15. The second kappa shape index (κ2) is 20.2. The van der Waals surface area contributed by atoms with Gasteiger partial charge in [-0.25, -0.2) is 0 Å². The Balaban J connectivity index is 0. The SMILES string of the molecule is CCCCCCCC/C=C\CCCCCCCC(N)=O.[NaH]. The molecule has 0 rings (SSSR count). The fraction of sp³-hybridized carbons (Fsp3) is 0.833. The maximum atomic E-state index is 10.5. The van der Waals surface area contributed by atoms with E-state index in [9.17, 15) is 4.79 Å². The molecule has 0 aromatic carbocycles. The van der Waals surface area contributed by atoms with E-state index in [1.54, 1.807) is 0 Å². The summed E-state index contributed by atoms with van der Waals surface area (Å²) in [5.41, 5.74) is 5.10. The fourth-order valence-electron chi connectivity index (χ4n) is 2.37. The van der Waals surface area contributed by atoms with Gasteiger partial charge >= 0.3 is 29.6 Å². The van der Waals surface area contributed by atoms with E-state index in [4.69, 9.17) is 5.73 Å². The zero-order valence-electron chi connectivity index (χ0n) is 13.5.